The summed E-state index contributed by atoms with van der Waals surface area (Å²) in [5, 5.41) is -0.408. The van der Waals surface area contributed by atoms with Gasteiger partial charge in [0, 0.05) is 42.7 Å². The lowest BCUT2D eigenvalue weighted by Gasteiger charge is -2.25. The third-order valence-corrected chi connectivity index (χ3v) is 8.62. The highest BCUT2D eigenvalue weighted by molar-refractivity contribution is 6.38. The molecule has 2 heterocycles. The summed E-state index contributed by atoms with van der Waals surface area (Å²) in [6.45, 7) is 13.2. The zero-order valence-corrected chi connectivity index (χ0v) is 24.4. The Morgan fingerprint density at radius 2 is 1.76 bits per heavy atom. The van der Waals surface area contributed by atoms with Crippen molar-refractivity contribution in [2.75, 3.05) is 13.1 Å². The van der Waals surface area contributed by atoms with E-state index in [4.69, 9.17) is 0 Å². The molecule has 0 N–H and O–H groups in total. The molecule has 226 valence electrons. The van der Waals surface area contributed by atoms with Crippen LogP contribution in [0.5, 0.6) is 0 Å². The number of nitrogens with zero attached hydrogens (tertiary/aromatic N) is 2. The Morgan fingerprint density at radius 1 is 1.12 bits per heavy atom. The van der Waals surface area contributed by atoms with Gasteiger partial charge in [0.05, 0.1) is 11.6 Å². The first-order chi connectivity index (χ1) is 19.8. The lowest BCUT2D eigenvalue weighted by atomic mass is 9.85. The lowest BCUT2D eigenvalue weighted by Crippen LogP contribution is -2.25. The van der Waals surface area contributed by atoms with E-state index in [-0.39, 0.29) is 17.5 Å². The fourth-order valence-corrected chi connectivity index (χ4v) is 6.02. The van der Waals surface area contributed by atoms with Gasteiger partial charge in [-0.25, -0.2) is 26.6 Å². The van der Waals surface area contributed by atoms with Crippen LogP contribution in [0.25, 0.3) is 10.9 Å². The molecule has 11 heteroatoms. The van der Waals surface area contributed by atoms with E-state index in [9.17, 15) is 31.4 Å². The highest BCUT2D eigenvalue weighted by atomic mass is 19.2. The van der Waals surface area contributed by atoms with Crippen molar-refractivity contribution in [2.45, 2.75) is 65.7 Å². The van der Waals surface area contributed by atoms with Gasteiger partial charge in [0.25, 0.3) is 0 Å². The average molecular weight is 590 g/mol. The van der Waals surface area contributed by atoms with Crippen molar-refractivity contribution < 1.29 is 31.3 Å². The van der Waals surface area contributed by atoms with Crippen LogP contribution in [0.15, 0.2) is 47.4 Å². The van der Waals surface area contributed by atoms with Crippen LogP contribution in [0.3, 0.4) is 0 Å². The van der Waals surface area contributed by atoms with Gasteiger partial charge in [-0.3, -0.25) is 9.69 Å². The zero-order chi connectivity index (χ0) is 30.9. The second-order valence-electron chi connectivity index (χ2n) is 11.6. The molecule has 2 aromatic carbocycles. The standard InChI is InChI=1S/C17H27N.C14H9BF5NO3/c1-5-15-11-18(12-17(15)13(2)3)14(4)16-9-7-6-8-10-16;1-5-11(18)9(17)2-6-12(5)21(10-3-8(10)16)4-7(13(6)22)14(23)24-15(19)20/h6-10,13-15,17H,5,11-12H2,1-4H3;2,4,8,10H,3H2,1H3/t14-,15-,17-;8-,10+/m10/s1. The number of aryl methyl sites for hydroxylation is 1. The Balaban J connectivity index is 0.000000201. The van der Waals surface area contributed by atoms with E-state index in [1.807, 2.05) is 0 Å². The summed E-state index contributed by atoms with van der Waals surface area (Å²) >= 11 is 0. The van der Waals surface area contributed by atoms with E-state index in [0.717, 1.165) is 28.5 Å². The molecule has 1 saturated carbocycles. The van der Waals surface area contributed by atoms with E-state index < -0.39 is 53.7 Å². The number of aromatic nitrogens is 1. The van der Waals surface area contributed by atoms with Crippen LogP contribution in [0.2, 0.25) is 0 Å². The fraction of sp³-hybridized carbons (Fsp3) is 0.484. The van der Waals surface area contributed by atoms with Gasteiger partial charge in [-0.05, 0) is 43.2 Å². The third kappa shape index (κ3) is 6.56. The van der Waals surface area contributed by atoms with Gasteiger partial charge in [0.2, 0.25) is 5.43 Å². The second kappa shape index (κ2) is 13.0. The first-order valence-electron chi connectivity index (χ1n) is 14.3. The predicted molar refractivity (Wildman–Crippen MR) is 153 cm³/mol. The van der Waals surface area contributed by atoms with Crippen LogP contribution in [0.1, 0.15) is 74.1 Å². The minimum Gasteiger partial charge on any atom is -0.474 e. The number of fused-ring (bicyclic) bond motifs is 1. The van der Waals surface area contributed by atoms with Gasteiger partial charge in [-0.1, -0.05) is 57.5 Å². The van der Waals surface area contributed by atoms with Gasteiger partial charge >= 0.3 is 13.4 Å². The van der Waals surface area contributed by atoms with Gasteiger partial charge in [-0.15, -0.1) is 0 Å². The first-order valence-corrected chi connectivity index (χ1v) is 14.3. The molecule has 5 atom stereocenters. The van der Waals surface area contributed by atoms with Gasteiger partial charge in [0.15, 0.2) is 11.6 Å². The largest absolute Gasteiger partial charge is 0.798 e. The molecule has 2 aliphatic rings. The zero-order valence-electron chi connectivity index (χ0n) is 24.4. The molecule has 1 aromatic heterocycles. The Labute approximate surface area is 242 Å². The molecule has 1 saturated heterocycles. The predicted octanol–water partition coefficient (Wildman–Crippen LogP) is 7.31. The van der Waals surface area contributed by atoms with E-state index >= 15 is 0 Å². The number of halogens is 5. The molecule has 0 bridgehead atoms. The molecule has 3 aromatic rings. The minimum atomic E-state index is -3.46. The Hall–Kier alpha value is -3.21. The number of likely N-dealkylation sites (tertiary alicyclic amines) is 1. The van der Waals surface area contributed by atoms with Crippen LogP contribution < -0.4 is 5.43 Å². The summed E-state index contributed by atoms with van der Waals surface area (Å²) in [4.78, 5) is 26.6. The van der Waals surface area contributed by atoms with Gasteiger partial charge in [-0.2, -0.15) is 0 Å². The fourth-order valence-electron chi connectivity index (χ4n) is 6.02. The normalized spacial score (nSPS) is 22.5. The molecule has 2 fully saturated rings. The van der Waals surface area contributed by atoms with Crippen molar-refractivity contribution >= 4 is 24.3 Å². The monoisotopic (exact) mass is 590 g/mol. The third-order valence-electron chi connectivity index (χ3n) is 8.62. The van der Waals surface area contributed by atoms with Crippen molar-refractivity contribution in [3.8, 4) is 0 Å². The second-order valence-corrected chi connectivity index (χ2v) is 11.6. The lowest BCUT2D eigenvalue weighted by molar-refractivity contribution is 0.0693. The maximum Gasteiger partial charge on any atom is 0.798 e. The molecule has 0 amide bonds. The number of benzene rings is 2. The van der Waals surface area contributed by atoms with Crippen molar-refractivity contribution in [2.24, 2.45) is 17.8 Å². The van der Waals surface area contributed by atoms with Crippen LogP contribution in [0, 0.1) is 36.3 Å². The SMILES string of the molecule is CC[C@@H]1CN([C@H](C)c2ccccc2)C[C@@H]1C(C)C.Cc1c(F)c(F)cc2c(=O)c(C(=O)OB(F)F)cn([C@@H]3C[C@@H]3F)c12. The number of pyridine rings is 1. The van der Waals surface area contributed by atoms with Crippen molar-refractivity contribution in [1.82, 2.24) is 9.47 Å². The van der Waals surface area contributed by atoms with E-state index in [1.54, 1.807) is 0 Å². The molecular weight excluding hydrogens is 554 g/mol. The molecular formula is C31H36BF5N2O3. The number of hydrogen-bond donors (Lipinski definition) is 0. The topological polar surface area (TPSA) is 51.5 Å². The first kappa shape index (κ1) is 31.7. The number of rotatable bonds is 7. The number of carbonyl (C=O) groups is 1. The molecule has 0 unspecified atom stereocenters. The smallest absolute Gasteiger partial charge is 0.474 e. The summed E-state index contributed by atoms with van der Waals surface area (Å²) in [7, 11) is -3.46. The Morgan fingerprint density at radius 3 is 2.29 bits per heavy atom. The van der Waals surface area contributed by atoms with Gasteiger partial charge < -0.3 is 9.22 Å². The summed E-state index contributed by atoms with van der Waals surface area (Å²) < 4.78 is 70.1. The van der Waals surface area contributed by atoms with Crippen LogP contribution in [-0.4, -0.2) is 42.2 Å². The highest BCUT2D eigenvalue weighted by Crippen LogP contribution is 2.41. The molecule has 1 aliphatic heterocycles. The van der Waals surface area contributed by atoms with Gasteiger partial charge in [0.1, 0.15) is 11.7 Å². The maximum absolute atomic E-state index is 13.8. The molecule has 5 rings (SSSR count). The molecule has 42 heavy (non-hydrogen) atoms. The van der Waals surface area contributed by atoms with Crippen LogP contribution >= 0.6 is 0 Å². The number of alkyl halides is 1. The highest BCUT2D eigenvalue weighted by Gasteiger charge is 2.41. The summed E-state index contributed by atoms with van der Waals surface area (Å²) in [6, 6.07) is 11.2. The van der Waals surface area contributed by atoms with E-state index in [2.05, 4.69) is 67.6 Å². The molecule has 0 radical (unpaired) electrons. The van der Waals surface area contributed by atoms with Crippen molar-refractivity contribution in [3.05, 3.63) is 81.1 Å². The summed E-state index contributed by atoms with van der Waals surface area (Å²) in [6.07, 6.45) is 0.909. The van der Waals surface area contributed by atoms with Crippen LogP contribution in [0.4, 0.5) is 21.8 Å². The molecule has 5 nitrogen and oxygen atoms in total. The summed E-state index contributed by atoms with van der Waals surface area (Å²) in [5.41, 5.74) is -0.762. The van der Waals surface area contributed by atoms with E-state index in [1.165, 1.54) is 32.0 Å². The molecule has 1 aliphatic carbocycles. The number of carbonyl (C=O) groups excluding carboxylic acids is 1. The maximum atomic E-state index is 13.8. The summed E-state index contributed by atoms with van der Waals surface area (Å²) in [5.74, 6) is -1.60. The average Bonchev–Trinajstić information content (AvgIpc) is 3.51. The Kier molecular flexibility index (Phi) is 9.80. The van der Waals surface area contributed by atoms with Crippen molar-refractivity contribution in [3.63, 3.8) is 0 Å². The van der Waals surface area contributed by atoms with Crippen molar-refractivity contribution in [1.29, 1.82) is 0 Å². The van der Waals surface area contributed by atoms with Crippen LogP contribution in [-0.2, 0) is 4.65 Å². The Bertz CT molecular complexity index is 1480. The van der Waals surface area contributed by atoms with E-state index in [0.29, 0.717) is 12.1 Å². The molecule has 0 spiro atoms. The minimum absolute atomic E-state index is 0.0414. The number of hydrogen-bond acceptors (Lipinski definition) is 4. The quantitative estimate of drug-likeness (QED) is 0.214.